The first-order valence-corrected chi connectivity index (χ1v) is 9.65. The molecule has 0 bridgehead atoms. The monoisotopic (exact) mass is 396 g/mol. The van der Waals surface area contributed by atoms with Gasteiger partial charge in [0.15, 0.2) is 16.6 Å². The lowest BCUT2D eigenvalue weighted by Crippen LogP contribution is -2.28. The lowest BCUT2D eigenvalue weighted by atomic mass is 10.1. The first kappa shape index (κ1) is 16.8. The highest BCUT2D eigenvalue weighted by Crippen LogP contribution is 2.37. The number of benzene rings is 1. The van der Waals surface area contributed by atoms with Gasteiger partial charge in [0.2, 0.25) is 18.6 Å². The third-order valence-corrected chi connectivity index (χ3v) is 5.53. The fourth-order valence-corrected chi connectivity index (χ4v) is 4.05. The minimum Gasteiger partial charge on any atom is -0.454 e. The van der Waals surface area contributed by atoms with Crippen LogP contribution < -0.4 is 19.7 Å². The number of amides is 2. The summed E-state index contributed by atoms with van der Waals surface area (Å²) in [7, 11) is 0. The van der Waals surface area contributed by atoms with Crippen LogP contribution in [0.15, 0.2) is 41.9 Å². The Morgan fingerprint density at radius 1 is 1.29 bits per heavy atom. The van der Waals surface area contributed by atoms with Crippen molar-refractivity contribution < 1.29 is 19.1 Å². The third kappa shape index (κ3) is 2.99. The molecule has 2 aliphatic heterocycles. The van der Waals surface area contributed by atoms with E-state index in [0.29, 0.717) is 28.9 Å². The molecule has 0 aliphatic carbocycles. The molecule has 1 fully saturated rings. The maximum Gasteiger partial charge on any atom is 0.231 e. The van der Waals surface area contributed by atoms with Gasteiger partial charge in [-0.3, -0.25) is 9.59 Å². The fourth-order valence-electron chi connectivity index (χ4n) is 3.34. The molecule has 1 atom stereocenters. The zero-order valence-electron chi connectivity index (χ0n) is 14.7. The van der Waals surface area contributed by atoms with E-state index in [-0.39, 0.29) is 25.0 Å². The Bertz CT molecular complexity index is 1050. The summed E-state index contributed by atoms with van der Waals surface area (Å²) in [6.07, 6.45) is 1.98. The molecule has 8 nitrogen and oxygen atoms in total. The molecule has 2 aliphatic rings. The van der Waals surface area contributed by atoms with Gasteiger partial charge < -0.3 is 24.7 Å². The predicted octanol–water partition coefficient (Wildman–Crippen LogP) is 2.86. The van der Waals surface area contributed by atoms with Gasteiger partial charge in [-0.2, -0.15) is 0 Å². The Labute approximate surface area is 164 Å². The van der Waals surface area contributed by atoms with Crippen LogP contribution in [0.2, 0.25) is 0 Å². The van der Waals surface area contributed by atoms with Gasteiger partial charge in [0.25, 0.3) is 0 Å². The number of rotatable bonds is 4. The topological polar surface area (TPSA) is 96.5 Å². The molecule has 2 N–H and O–H groups in total. The van der Waals surface area contributed by atoms with Crippen molar-refractivity contribution in [3.8, 4) is 22.9 Å². The summed E-state index contributed by atoms with van der Waals surface area (Å²) in [4.78, 5) is 34.2. The molecule has 142 valence electrons. The molecule has 28 heavy (non-hydrogen) atoms. The molecular weight excluding hydrogens is 380 g/mol. The molecular formula is C19H16N4O4S. The Morgan fingerprint density at radius 3 is 3.04 bits per heavy atom. The number of hydrogen-bond acceptors (Lipinski definition) is 6. The zero-order chi connectivity index (χ0) is 19.1. The van der Waals surface area contributed by atoms with E-state index in [0.717, 1.165) is 11.4 Å². The van der Waals surface area contributed by atoms with Gasteiger partial charge in [0.05, 0.1) is 17.3 Å². The highest BCUT2D eigenvalue weighted by atomic mass is 32.1. The van der Waals surface area contributed by atoms with Crippen molar-refractivity contribution in [2.75, 3.05) is 23.6 Å². The Kier molecular flexibility index (Phi) is 4.01. The second-order valence-electron chi connectivity index (χ2n) is 6.55. The van der Waals surface area contributed by atoms with Crippen LogP contribution in [-0.2, 0) is 9.59 Å². The summed E-state index contributed by atoms with van der Waals surface area (Å²) in [5, 5.41) is 5.22. The molecule has 3 aromatic rings. The number of anilines is 2. The van der Waals surface area contributed by atoms with Crippen LogP contribution in [0, 0.1) is 5.92 Å². The summed E-state index contributed by atoms with van der Waals surface area (Å²) in [5.41, 5.74) is 2.37. The summed E-state index contributed by atoms with van der Waals surface area (Å²) >= 11 is 1.35. The number of fused-ring (bicyclic) bond motifs is 1. The van der Waals surface area contributed by atoms with Gasteiger partial charge in [0.1, 0.15) is 0 Å². The van der Waals surface area contributed by atoms with Crippen LogP contribution in [-0.4, -0.2) is 35.1 Å². The standard InChI is InChI=1S/C19H16N4O4S/c24-17-6-11(8-23(17)12-3-4-15-16(7-12)27-10-26-15)18(25)22-19-21-14(9-28-19)13-2-1-5-20-13/h1-5,7,9,11,20H,6,8,10H2,(H,21,22,25). The molecule has 1 saturated heterocycles. The molecule has 2 amide bonds. The van der Waals surface area contributed by atoms with Crippen molar-refractivity contribution in [2.24, 2.45) is 5.92 Å². The van der Waals surface area contributed by atoms with Crippen molar-refractivity contribution >= 4 is 34.0 Å². The number of thiazole rings is 1. The van der Waals surface area contributed by atoms with Crippen molar-refractivity contribution in [3.63, 3.8) is 0 Å². The van der Waals surface area contributed by atoms with Crippen LogP contribution in [0.25, 0.3) is 11.4 Å². The molecule has 0 spiro atoms. The number of aromatic nitrogens is 2. The second kappa shape index (κ2) is 6.68. The molecule has 5 rings (SSSR count). The lowest BCUT2D eigenvalue weighted by Gasteiger charge is -2.17. The Morgan fingerprint density at radius 2 is 2.18 bits per heavy atom. The lowest BCUT2D eigenvalue weighted by molar-refractivity contribution is -0.122. The van der Waals surface area contributed by atoms with Crippen LogP contribution in [0.5, 0.6) is 11.5 Å². The van der Waals surface area contributed by atoms with Crippen molar-refractivity contribution in [1.82, 2.24) is 9.97 Å². The highest BCUT2D eigenvalue weighted by Gasteiger charge is 2.36. The minimum atomic E-state index is -0.434. The third-order valence-electron chi connectivity index (χ3n) is 4.77. The first-order chi connectivity index (χ1) is 13.7. The SMILES string of the molecule is O=C(Nc1nc(-c2ccc[nH]2)cs1)C1CC(=O)N(c2ccc3c(c2)OCO3)C1. The van der Waals surface area contributed by atoms with Gasteiger partial charge >= 0.3 is 0 Å². The van der Waals surface area contributed by atoms with Gasteiger partial charge in [-0.25, -0.2) is 4.98 Å². The highest BCUT2D eigenvalue weighted by molar-refractivity contribution is 7.14. The van der Waals surface area contributed by atoms with Crippen LogP contribution in [0.1, 0.15) is 6.42 Å². The Balaban J connectivity index is 1.27. The molecule has 0 radical (unpaired) electrons. The van der Waals surface area contributed by atoms with Crippen LogP contribution >= 0.6 is 11.3 Å². The largest absolute Gasteiger partial charge is 0.454 e. The number of H-pyrrole nitrogens is 1. The number of nitrogens with zero attached hydrogens (tertiary/aromatic N) is 2. The van der Waals surface area contributed by atoms with E-state index in [4.69, 9.17) is 9.47 Å². The molecule has 1 unspecified atom stereocenters. The van der Waals surface area contributed by atoms with Gasteiger partial charge in [-0.05, 0) is 24.3 Å². The number of ether oxygens (including phenoxy) is 2. The molecule has 0 saturated carbocycles. The van der Waals surface area contributed by atoms with Gasteiger partial charge in [-0.1, -0.05) is 0 Å². The summed E-state index contributed by atoms with van der Waals surface area (Å²) in [5.74, 6) is 0.536. The quantitative estimate of drug-likeness (QED) is 0.707. The smallest absolute Gasteiger partial charge is 0.231 e. The zero-order valence-corrected chi connectivity index (χ0v) is 15.5. The fraction of sp³-hybridized carbons (Fsp3) is 0.211. The normalized spacial score (nSPS) is 17.9. The molecule has 2 aromatic heterocycles. The summed E-state index contributed by atoms with van der Waals surface area (Å²) in [6.45, 7) is 0.495. The van der Waals surface area contributed by atoms with Crippen LogP contribution in [0.4, 0.5) is 10.8 Å². The van der Waals surface area contributed by atoms with Gasteiger partial charge in [0, 0.05) is 36.3 Å². The maximum atomic E-state index is 12.6. The first-order valence-electron chi connectivity index (χ1n) is 8.77. The van der Waals surface area contributed by atoms with Gasteiger partial charge in [-0.15, -0.1) is 11.3 Å². The van der Waals surface area contributed by atoms with Crippen molar-refractivity contribution in [3.05, 3.63) is 41.9 Å². The van der Waals surface area contributed by atoms with Crippen molar-refractivity contribution in [2.45, 2.75) is 6.42 Å². The molecule has 1 aromatic carbocycles. The van der Waals surface area contributed by atoms with E-state index in [1.807, 2.05) is 23.7 Å². The van der Waals surface area contributed by atoms with Crippen LogP contribution in [0.3, 0.4) is 0 Å². The molecule has 9 heteroatoms. The maximum absolute atomic E-state index is 12.6. The minimum absolute atomic E-state index is 0.0924. The number of nitrogens with one attached hydrogen (secondary N) is 2. The average molecular weight is 396 g/mol. The van der Waals surface area contributed by atoms with Crippen molar-refractivity contribution in [1.29, 1.82) is 0 Å². The average Bonchev–Trinajstić information content (AvgIpc) is 3.47. The second-order valence-corrected chi connectivity index (χ2v) is 7.41. The molecule has 4 heterocycles. The number of hydrogen-bond donors (Lipinski definition) is 2. The summed E-state index contributed by atoms with van der Waals surface area (Å²) in [6, 6.07) is 9.15. The van der Waals surface area contributed by atoms with E-state index < -0.39 is 5.92 Å². The van der Waals surface area contributed by atoms with E-state index in [9.17, 15) is 9.59 Å². The van der Waals surface area contributed by atoms with E-state index in [2.05, 4.69) is 15.3 Å². The predicted molar refractivity (Wildman–Crippen MR) is 104 cm³/mol. The van der Waals surface area contributed by atoms with E-state index >= 15 is 0 Å². The number of aromatic amines is 1. The van der Waals surface area contributed by atoms with E-state index in [1.54, 1.807) is 23.1 Å². The summed E-state index contributed by atoms with van der Waals surface area (Å²) < 4.78 is 10.7. The Hall–Kier alpha value is -3.33. The van der Waals surface area contributed by atoms with E-state index in [1.165, 1.54) is 11.3 Å². The number of carbonyl (C=O) groups excluding carboxylic acids is 2. The number of carbonyl (C=O) groups is 2.